The van der Waals surface area contributed by atoms with Crippen molar-refractivity contribution in [1.82, 2.24) is 0 Å². The molecule has 1 nitrogen and oxygen atoms in total. The van der Waals surface area contributed by atoms with Gasteiger partial charge in [-0.3, -0.25) is 0 Å². The topological polar surface area (TPSA) is 23.8 Å². The summed E-state index contributed by atoms with van der Waals surface area (Å²) in [6.07, 6.45) is -0.521. The fourth-order valence-electron chi connectivity index (χ4n) is 2.98. The van der Waals surface area contributed by atoms with Gasteiger partial charge in [0.1, 0.15) is 0 Å². The Morgan fingerprint density at radius 2 is 1.76 bits per heavy atom. The maximum absolute atomic E-state index is 12.8. The minimum Gasteiger partial charge on any atom is -0.198 e. The molecule has 0 bridgehead atoms. The van der Waals surface area contributed by atoms with Crippen LogP contribution >= 0.6 is 0 Å². The summed E-state index contributed by atoms with van der Waals surface area (Å²) in [5.74, 6) is 0. The van der Waals surface area contributed by atoms with E-state index in [1.807, 2.05) is 0 Å². The van der Waals surface area contributed by atoms with Gasteiger partial charge in [0, 0.05) is 0 Å². The fourth-order valence-corrected chi connectivity index (χ4v) is 2.98. The van der Waals surface area contributed by atoms with Gasteiger partial charge < -0.3 is 0 Å². The van der Waals surface area contributed by atoms with Crippen LogP contribution in [-0.2, 0) is 12.6 Å². The average molecular weight is 295 g/mol. The highest BCUT2D eigenvalue weighted by molar-refractivity contribution is 5.28. The summed E-state index contributed by atoms with van der Waals surface area (Å²) in [5, 5.41) is 9.53. The molecule has 1 saturated carbocycles. The van der Waals surface area contributed by atoms with Crippen LogP contribution in [0.4, 0.5) is 13.2 Å². The maximum atomic E-state index is 12.8. The van der Waals surface area contributed by atoms with E-state index in [4.69, 9.17) is 0 Å². The second kappa shape index (κ2) is 5.36. The van der Waals surface area contributed by atoms with Gasteiger partial charge in [-0.2, -0.15) is 18.4 Å². The van der Waals surface area contributed by atoms with Crippen LogP contribution in [-0.4, -0.2) is 0 Å². The molecule has 0 aromatic heterocycles. The molecule has 21 heavy (non-hydrogen) atoms. The van der Waals surface area contributed by atoms with E-state index in [0.717, 1.165) is 31.7 Å². The Labute approximate surface area is 123 Å². The van der Waals surface area contributed by atoms with Crippen LogP contribution in [0.15, 0.2) is 24.3 Å². The van der Waals surface area contributed by atoms with Crippen LogP contribution in [0.5, 0.6) is 0 Å². The third-order valence-electron chi connectivity index (χ3n) is 4.59. The van der Waals surface area contributed by atoms with Crippen molar-refractivity contribution in [3.63, 3.8) is 0 Å². The van der Waals surface area contributed by atoms with Gasteiger partial charge in [-0.15, -0.1) is 0 Å². The van der Waals surface area contributed by atoms with Gasteiger partial charge in [-0.25, -0.2) is 0 Å². The number of halogens is 3. The molecule has 2 rings (SSSR count). The number of rotatable bonds is 2. The van der Waals surface area contributed by atoms with Gasteiger partial charge in [0.2, 0.25) is 0 Å². The monoisotopic (exact) mass is 295 g/mol. The maximum Gasteiger partial charge on any atom is 0.416 e. The third kappa shape index (κ3) is 3.78. The van der Waals surface area contributed by atoms with Crippen molar-refractivity contribution in [3.05, 3.63) is 35.4 Å². The minimum atomic E-state index is -4.33. The zero-order valence-electron chi connectivity index (χ0n) is 12.4. The molecule has 0 heterocycles. The number of alkyl halides is 3. The molecule has 0 saturated heterocycles. The zero-order valence-corrected chi connectivity index (χ0v) is 12.4. The summed E-state index contributed by atoms with van der Waals surface area (Å²) < 4.78 is 38.3. The van der Waals surface area contributed by atoms with Crippen LogP contribution in [0.25, 0.3) is 0 Å². The summed E-state index contributed by atoms with van der Waals surface area (Å²) >= 11 is 0. The van der Waals surface area contributed by atoms with E-state index in [1.165, 1.54) is 12.1 Å². The molecule has 1 aliphatic carbocycles. The van der Waals surface area contributed by atoms with Crippen LogP contribution in [0.2, 0.25) is 0 Å². The molecule has 114 valence electrons. The second-order valence-corrected chi connectivity index (χ2v) is 6.93. The minimum absolute atomic E-state index is 0.230. The van der Waals surface area contributed by atoms with Crippen LogP contribution in [0, 0.1) is 22.2 Å². The first-order valence-corrected chi connectivity index (χ1v) is 7.23. The number of hydrogen-bond donors (Lipinski definition) is 0. The van der Waals surface area contributed by atoms with Crippen molar-refractivity contribution in [1.29, 1.82) is 5.26 Å². The molecular weight excluding hydrogens is 275 g/mol. The predicted octanol–water partition coefficient (Wildman–Crippen LogP) is 5.36. The summed E-state index contributed by atoms with van der Waals surface area (Å²) in [6, 6.07) is 7.75. The van der Waals surface area contributed by atoms with E-state index in [1.54, 1.807) is 6.07 Å². The number of nitriles is 1. The standard InChI is InChI=1S/C17H20F3N/c1-15(2)6-8-16(12-21,9-7-15)11-13-4-3-5-14(10-13)17(18,19)20/h3-5,10H,6-9,11H2,1-2H3. The van der Waals surface area contributed by atoms with Gasteiger partial charge in [-0.05, 0) is 49.1 Å². The predicted molar refractivity (Wildman–Crippen MR) is 75.4 cm³/mol. The Bertz CT molecular complexity index is 542. The van der Waals surface area contributed by atoms with Gasteiger partial charge in [0.15, 0.2) is 0 Å². The first-order valence-electron chi connectivity index (χ1n) is 7.23. The molecule has 0 radical (unpaired) electrons. The fraction of sp³-hybridized carbons (Fsp3) is 0.588. The molecule has 0 spiro atoms. The van der Waals surface area contributed by atoms with Gasteiger partial charge >= 0.3 is 6.18 Å². The first-order chi connectivity index (χ1) is 9.66. The highest BCUT2D eigenvalue weighted by Crippen LogP contribution is 2.46. The largest absolute Gasteiger partial charge is 0.416 e. The van der Waals surface area contributed by atoms with Crippen molar-refractivity contribution in [2.24, 2.45) is 10.8 Å². The molecule has 0 unspecified atom stereocenters. The number of nitrogens with zero attached hydrogens (tertiary/aromatic N) is 1. The van der Waals surface area contributed by atoms with Crippen molar-refractivity contribution in [3.8, 4) is 6.07 Å². The van der Waals surface area contributed by atoms with Gasteiger partial charge in [-0.1, -0.05) is 32.0 Å². The summed E-state index contributed by atoms with van der Waals surface area (Å²) in [6.45, 7) is 4.36. The highest BCUT2D eigenvalue weighted by atomic mass is 19.4. The van der Waals surface area contributed by atoms with E-state index >= 15 is 0 Å². The average Bonchev–Trinajstić information content (AvgIpc) is 2.41. The van der Waals surface area contributed by atoms with Crippen molar-refractivity contribution >= 4 is 0 Å². The van der Waals surface area contributed by atoms with Crippen molar-refractivity contribution < 1.29 is 13.2 Å². The molecule has 1 fully saturated rings. The lowest BCUT2D eigenvalue weighted by Gasteiger charge is -2.39. The molecule has 1 aromatic rings. The molecule has 4 heteroatoms. The van der Waals surface area contributed by atoms with Gasteiger partial charge in [0.25, 0.3) is 0 Å². The Morgan fingerprint density at radius 3 is 2.29 bits per heavy atom. The van der Waals surface area contributed by atoms with Crippen LogP contribution in [0.1, 0.15) is 50.7 Å². The van der Waals surface area contributed by atoms with Gasteiger partial charge in [0.05, 0.1) is 17.0 Å². The summed E-state index contributed by atoms with van der Waals surface area (Å²) in [4.78, 5) is 0. The molecule has 0 N–H and O–H groups in total. The third-order valence-corrected chi connectivity index (χ3v) is 4.59. The Hall–Kier alpha value is -1.50. The smallest absolute Gasteiger partial charge is 0.198 e. The Kier molecular flexibility index (Phi) is 4.06. The van der Waals surface area contributed by atoms with Crippen molar-refractivity contribution in [2.45, 2.75) is 52.1 Å². The molecule has 0 atom stereocenters. The van der Waals surface area contributed by atoms with E-state index < -0.39 is 17.2 Å². The highest BCUT2D eigenvalue weighted by Gasteiger charge is 2.39. The lowest BCUT2D eigenvalue weighted by Crippen LogP contribution is -2.31. The summed E-state index contributed by atoms with van der Waals surface area (Å²) in [5.41, 5.74) is -0.316. The molecule has 1 aliphatic rings. The molecule has 0 amide bonds. The molecular formula is C17H20F3N. The first kappa shape index (κ1) is 15.9. The zero-order chi connectivity index (χ0) is 15.7. The van der Waals surface area contributed by atoms with E-state index in [9.17, 15) is 18.4 Å². The number of hydrogen-bond acceptors (Lipinski definition) is 1. The quantitative estimate of drug-likeness (QED) is 0.720. The van der Waals surface area contributed by atoms with E-state index in [2.05, 4.69) is 19.9 Å². The normalized spacial score (nSPS) is 20.8. The Balaban J connectivity index is 2.19. The number of benzene rings is 1. The lowest BCUT2D eigenvalue weighted by atomic mass is 9.64. The van der Waals surface area contributed by atoms with Crippen LogP contribution in [0.3, 0.4) is 0 Å². The second-order valence-electron chi connectivity index (χ2n) is 6.93. The Morgan fingerprint density at radius 1 is 1.14 bits per heavy atom. The summed E-state index contributed by atoms with van der Waals surface area (Å²) in [7, 11) is 0. The molecule has 1 aromatic carbocycles. The van der Waals surface area contributed by atoms with Crippen molar-refractivity contribution in [2.75, 3.05) is 0 Å². The van der Waals surface area contributed by atoms with E-state index in [0.29, 0.717) is 12.0 Å². The van der Waals surface area contributed by atoms with E-state index in [-0.39, 0.29) is 5.41 Å². The lowest BCUT2D eigenvalue weighted by molar-refractivity contribution is -0.137. The molecule has 0 aliphatic heterocycles. The van der Waals surface area contributed by atoms with Crippen LogP contribution < -0.4 is 0 Å². The SMILES string of the molecule is CC1(C)CCC(C#N)(Cc2cccc(C(F)(F)F)c2)CC1.